The maximum atomic E-state index is 12.8. The Hall–Kier alpha value is -3.71. The van der Waals surface area contributed by atoms with E-state index in [0.717, 1.165) is 28.3 Å². The molecule has 7 nitrogen and oxygen atoms in total. The molecular weight excluding hydrogens is 392 g/mol. The summed E-state index contributed by atoms with van der Waals surface area (Å²) in [6.45, 7) is 5.30. The molecule has 7 heteroatoms. The average Bonchev–Trinajstić information content (AvgIpc) is 3.12. The number of carbonyl (C=O) groups excluding carboxylic acids is 1. The Morgan fingerprint density at radius 1 is 1.10 bits per heavy atom. The molecule has 0 atom stereocenters. The minimum Gasteiger partial charge on any atom is -0.497 e. The number of aliphatic hydroxyl groups is 1. The van der Waals surface area contributed by atoms with Crippen LogP contribution in [0.3, 0.4) is 0 Å². The van der Waals surface area contributed by atoms with Gasteiger partial charge in [-0.25, -0.2) is 9.50 Å². The molecule has 0 unspecified atom stereocenters. The average molecular weight is 416 g/mol. The van der Waals surface area contributed by atoms with Crippen LogP contribution in [0.2, 0.25) is 0 Å². The number of nitrogens with one attached hydrogen (secondary N) is 1. The molecule has 0 bridgehead atoms. The zero-order valence-electron chi connectivity index (χ0n) is 17.9. The van der Waals surface area contributed by atoms with Crippen LogP contribution < -0.4 is 10.1 Å². The molecule has 0 aliphatic heterocycles. The first-order valence-corrected chi connectivity index (χ1v) is 9.91. The highest BCUT2D eigenvalue weighted by Gasteiger charge is 2.17. The van der Waals surface area contributed by atoms with Crippen LogP contribution in [-0.4, -0.2) is 32.7 Å². The predicted molar refractivity (Wildman–Crippen MR) is 119 cm³/mol. The van der Waals surface area contributed by atoms with Crippen LogP contribution in [0.15, 0.2) is 60.7 Å². The Balaban J connectivity index is 1.70. The van der Waals surface area contributed by atoms with Gasteiger partial charge in [0.15, 0.2) is 5.65 Å². The molecule has 2 heterocycles. The molecule has 0 radical (unpaired) electrons. The minimum atomic E-state index is -0.965. The second kappa shape index (κ2) is 7.85. The summed E-state index contributed by atoms with van der Waals surface area (Å²) in [5.41, 5.74) is 3.37. The highest BCUT2D eigenvalue weighted by Crippen LogP contribution is 2.27. The van der Waals surface area contributed by atoms with Crippen LogP contribution in [0.4, 0.5) is 5.82 Å². The van der Waals surface area contributed by atoms with Gasteiger partial charge in [-0.15, -0.1) is 0 Å². The molecule has 158 valence electrons. The minimum absolute atomic E-state index is 0.285. The fourth-order valence-corrected chi connectivity index (χ4v) is 3.36. The third-order valence-electron chi connectivity index (χ3n) is 5.01. The first kappa shape index (κ1) is 20.6. The van der Waals surface area contributed by atoms with E-state index >= 15 is 0 Å². The van der Waals surface area contributed by atoms with Crippen LogP contribution in [0.1, 0.15) is 35.5 Å². The van der Waals surface area contributed by atoms with Gasteiger partial charge in [0.25, 0.3) is 5.91 Å². The van der Waals surface area contributed by atoms with Gasteiger partial charge in [0.05, 0.1) is 24.1 Å². The van der Waals surface area contributed by atoms with Crippen molar-refractivity contribution in [2.75, 3.05) is 12.4 Å². The van der Waals surface area contributed by atoms with Gasteiger partial charge >= 0.3 is 0 Å². The molecule has 0 saturated carbocycles. The number of methoxy groups -OCH3 is 1. The van der Waals surface area contributed by atoms with Gasteiger partial charge in [-0.05, 0) is 50.6 Å². The first-order chi connectivity index (χ1) is 14.7. The van der Waals surface area contributed by atoms with Gasteiger partial charge in [0.1, 0.15) is 11.6 Å². The van der Waals surface area contributed by atoms with E-state index in [9.17, 15) is 9.90 Å². The van der Waals surface area contributed by atoms with Crippen molar-refractivity contribution >= 4 is 17.4 Å². The molecule has 0 spiro atoms. The number of anilines is 1. The van der Waals surface area contributed by atoms with E-state index in [1.54, 1.807) is 55.8 Å². The van der Waals surface area contributed by atoms with Gasteiger partial charge in [0, 0.05) is 23.3 Å². The summed E-state index contributed by atoms with van der Waals surface area (Å²) in [6.07, 6.45) is 0. The van der Waals surface area contributed by atoms with Gasteiger partial charge in [-0.1, -0.05) is 24.3 Å². The van der Waals surface area contributed by atoms with Crippen LogP contribution in [-0.2, 0) is 5.60 Å². The van der Waals surface area contributed by atoms with Gasteiger partial charge < -0.3 is 15.2 Å². The maximum absolute atomic E-state index is 12.8. The number of aryl methyl sites for hydroxylation is 1. The molecule has 2 aromatic carbocycles. The third-order valence-corrected chi connectivity index (χ3v) is 5.01. The van der Waals surface area contributed by atoms with E-state index < -0.39 is 5.60 Å². The van der Waals surface area contributed by atoms with Crippen molar-refractivity contribution in [3.05, 3.63) is 77.5 Å². The summed E-state index contributed by atoms with van der Waals surface area (Å²) >= 11 is 0. The van der Waals surface area contributed by atoms with Crippen LogP contribution in [0.5, 0.6) is 5.75 Å². The Kier molecular flexibility index (Phi) is 5.20. The smallest absolute Gasteiger partial charge is 0.256 e. The summed E-state index contributed by atoms with van der Waals surface area (Å²) in [4.78, 5) is 17.4. The first-order valence-electron chi connectivity index (χ1n) is 9.91. The maximum Gasteiger partial charge on any atom is 0.256 e. The van der Waals surface area contributed by atoms with Crippen molar-refractivity contribution < 1.29 is 14.6 Å². The summed E-state index contributed by atoms with van der Waals surface area (Å²) in [6, 6.07) is 18.1. The fourth-order valence-electron chi connectivity index (χ4n) is 3.36. The number of nitrogens with zero attached hydrogens (tertiary/aromatic N) is 3. The molecule has 2 aromatic heterocycles. The van der Waals surface area contributed by atoms with Gasteiger partial charge in [-0.3, -0.25) is 4.79 Å². The number of fused-ring (bicyclic) bond motifs is 1. The lowest BCUT2D eigenvalue weighted by atomic mass is 9.97. The van der Waals surface area contributed by atoms with Crippen molar-refractivity contribution in [2.24, 2.45) is 0 Å². The van der Waals surface area contributed by atoms with E-state index in [4.69, 9.17) is 4.74 Å². The zero-order valence-corrected chi connectivity index (χ0v) is 17.9. The lowest BCUT2D eigenvalue weighted by Crippen LogP contribution is -2.17. The zero-order chi connectivity index (χ0) is 22.2. The highest BCUT2D eigenvalue weighted by atomic mass is 16.5. The number of aromatic nitrogens is 3. The van der Waals surface area contributed by atoms with Crippen LogP contribution >= 0.6 is 0 Å². The topological polar surface area (TPSA) is 88.8 Å². The molecular formula is C24H24N4O3. The Labute approximate surface area is 180 Å². The number of amides is 1. The predicted octanol–water partition coefficient (Wildman–Crippen LogP) is 4.19. The van der Waals surface area contributed by atoms with Crippen molar-refractivity contribution in [2.45, 2.75) is 26.4 Å². The van der Waals surface area contributed by atoms with E-state index in [0.29, 0.717) is 17.0 Å². The largest absolute Gasteiger partial charge is 0.497 e. The monoisotopic (exact) mass is 416 g/mol. The van der Waals surface area contributed by atoms with Crippen molar-refractivity contribution in [1.82, 2.24) is 14.6 Å². The fraction of sp³-hybridized carbons (Fsp3) is 0.208. The lowest BCUT2D eigenvalue weighted by molar-refractivity contribution is 0.0785. The molecule has 2 N–H and O–H groups in total. The summed E-state index contributed by atoms with van der Waals surface area (Å²) in [5.74, 6) is 0.859. The molecule has 0 saturated heterocycles. The Bertz CT molecular complexity index is 1250. The molecule has 0 fully saturated rings. The summed E-state index contributed by atoms with van der Waals surface area (Å²) in [7, 11) is 1.62. The van der Waals surface area contributed by atoms with Gasteiger partial charge in [-0.2, -0.15) is 5.10 Å². The molecule has 31 heavy (non-hydrogen) atoms. The van der Waals surface area contributed by atoms with Crippen LogP contribution in [0, 0.1) is 6.92 Å². The number of hydrogen-bond donors (Lipinski definition) is 2. The third kappa shape index (κ3) is 4.27. The SMILES string of the molecule is COc1cccc(-c2cc(NC(=O)c3ccc(C(C)(C)O)cc3)nc3cc(C)nn23)c1. The normalized spacial score (nSPS) is 11.5. The van der Waals surface area contributed by atoms with E-state index in [1.807, 2.05) is 37.3 Å². The van der Waals surface area contributed by atoms with Crippen molar-refractivity contribution in [3.8, 4) is 17.0 Å². The summed E-state index contributed by atoms with van der Waals surface area (Å²) < 4.78 is 7.09. The van der Waals surface area contributed by atoms with E-state index in [-0.39, 0.29) is 5.91 Å². The van der Waals surface area contributed by atoms with Gasteiger partial charge in [0.2, 0.25) is 0 Å². The van der Waals surface area contributed by atoms with E-state index in [1.165, 1.54) is 0 Å². The standard InChI is InChI=1S/C24H24N4O3/c1-15-12-22-25-21(26-23(29)16-8-10-18(11-9-16)24(2,3)30)14-20(28(22)27-15)17-6-5-7-19(13-17)31-4/h5-14,30H,1-4H3,(H,25,26,29). The quantitative estimate of drug-likeness (QED) is 0.509. The second-order valence-electron chi connectivity index (χ2n) is 7.90. The molecule has 0 aliphatic carbocycles. The molecule has 4 aromatic rings. The summed E-state index contributed by atoms with van der Waals surface area (Å²) in [5, 5.41) is 17.5. The Morgan fingerprint density at radius 3 is 2.52 bits per heavy atom. The molecule has 1 amide bonds. The van der Waals surface area contributed by atoms with E-state index in [2.05, 4.69) is 15.4 Å². The molecule has 4 rings (SSSR count). The number of carbonyl (C=O) groups is 1. The number of rotatable bonds is 5. The number of ether oxygens (including phenoxy) is 1. The number of benzene rings is 2. The van der Waals surface area contributed by atoms with Crippen LogP contribution in [0.25, 0.3) is 16.9 Å². The van der Waals surface area contributed by atoms with Crippen molar-refractivity contribution in [3.63, 3.8) is 0 Å². The van der Waals surface area contributed by atoms with Crippen molar-refractivity contribution in [1.29, 1.82) is 0 Å². The lowest BCUT2D eigenvalue weighted by Gasteiger charge is -2.17. The highest BCUT2D eigenvalue weighted by molar-refractivity contribution is 6.04. The molecule has 0 aliphatic rings. The Morgan fingerprint density at radius 2 is 1.84 bits per heavy atom. The second-order valence-corrected chi connectivity index (χ2v) is 7.90. The number of hydrogen-bond acceptors (Lipinski definition) is 5.